The molecule has 1 aliphatic heterocycles. The predicted octanol–water partition coefficient (Wildman–Crippen LogP) is 8.50. The van der Waals surface area contributed by atoms with Crippen molar-refractivity contribution < 1.29 is 97.0 Å². The molecule has 1 fully saturated rings. The molecule has 1 aromatic rings. The summed E-state index contributed by atoms with van der Waals surface area (Å²) in [6.45, 7) is 0. The van der Waals surface area contributed by atoms with Crippen LogP contribution in [0.3, 0.4) is 0 Å². The summed E-state index contributed by atoms with van der Waals surface area (Å²) >= 11 is -0.0900. The summed E-state index contributed by atoms with van der Waals surface area (Å²) in [5, 5.41) is -2.52. The Bertz CT molecular complexity index is 1190. The van der Waals surface area contributed by atoms with Crippen LogP contribution < -0.4 is 0 Å². The van der Waals surface area contributed by atoms with Gasteiger partial charge in [0.05, 0.1) is 5.75 Å². The number of hydrogen-bond donors (Lipinski definition) is 0. The second kappa shape index (κ2) is 10.0. The van der Waals surface area contributed by atoms with E-state index in [9.17, 15) is 97.0 Å². The van der Waals surface area contributed by atoms with Crippen molar-refractivity contribution in [2.75, 3.05) is 5.75 Å². The zero-order valence-electron chi connectivity index (χ0n) is 19.4. The molecule has 0 aromatic heterocycles. The fraction of sp³-hybridized carbons (Fsp3) is 0.632. The Labute approximate surface area is 227 Å². The quantitative estimate of drug-likeness (QED) is 0.181. The van der Waals surface area contributed by atoms with Crippen LogP contribution in [0.4, 0.5) is 92.2 Å². The third kappa shape index (κ3) is 4.65. The lowest BCUT2D eigenvalue weighted by atomic mass is 9.87. The maximum Gasteiger partial charge on any atom is 0.460 e. The Morgan fingerprint density at radius 3 is 1.19 bits per heavy atom. The van der Waals surface area contributed by atoms with Gasteiger partial charge in [-0.15, -0.1) is 11.8 Å². The number of rotatable bonds is 10. The summed E-state index contributed by atoms with van der Waals surface area (Å²) < 4.78 is 286. The molecule has 0 spiro atoms. The fourth-order valence-corrected chi connectivity index (χ4v) is 4.48. The highest BCUT2D eigenvalue weighted by Crippen LogP contribution is 2.67. The van der Waals surface area contributed by atoms with E-state index in [2.05, 4.69) is 0 Å². The van der Waals surface area contributed by atoms with Crippen molar-refractivity contribution in [2.24, 2.45) is 0 Å². The fourth-order valence-electron chi connectivity index (χ4n) is 3.29. The summed E-state index contributed by atoms with van der Waals surface area (Å²) in [6.07, 6.45) is -8.04. The van der Waals surface area contributed by atoms with Crippen LogP contribution >= 0.6 is 11.8 Å². The zero-order valence-corrected chi connectivity index (χ0v) is 20.2. The van der Waals surface area contributed by atoms with E-state index in [4.69, 9.17) is 0 Å². The van der Waals surface area contributed by atoms with E-state index in [1.54, 1.807) is 0 Å². The number of hydrogen-bond acceptors (Lipinski definition) is 2. The highest BCUT2D eigenvalue weighted by molar-refractivity contribution is 8.00. The first-order chi connectivity index (χ1) is 18.7. The van der Waals surface area contributed by atoms with Gasteiger partial charge < -0.3 is 0 Å². The van der Waals surface area contributed by atoms with Crippen molar-refractivity contribution in [3.8, 4) is 0 Å². The van der Waals surface area contributed by atoms with Crippen molar-refractivity contribution in [1.29, 1.82) is 0 Å². The minimum atomic E-state index is -9.25. The van der Waals surface area contributed by atoms with E-state index >= 15 is 0 Å². The summed E-state index contributed by atoms with van der Waals surface area (Å²) in [4.78, 5) is 10.2. The second-order valence-electron chi connectivity index (χ2n) is 8.47. The Hall–Kier alpha value is -2.43. The standard InChI is InChI=1S/C19H8F21NOS/c20-10(21,12(24,25)14(28,29)16(32,33)18(36,37)38)11(22,23)13(26,27)15(30,31)17(34,35)19(39,40)41-8(42)6-43-9(41)7-4-2-1-3-5-7/h1-5,9H,6H2. The van der Waals surface area contributed by atoms with Crippen molar-refractivity contribution in [3.05, 3.63) is 35.9 Å². The monoisotopic (exact) mass is 697 g/mol. The van der Waals surface area contributed by atoms with Gasteiger partial charge >= 0.3 is 59.6 Å². The largest absolute Gasteiger partial charge is 0.460 e. The molecule has 2 nitrogen and oxygen atoms in total. The molecule has 1 atom stereocenters. The maximum absolute atomic E-state index is 14.7. The number of carbonyl (C=O) groups is 1. The molecule has 43 heavy (non-hydrogen) atoms. The maximum atomic E-state index is 14.7. The number of benzene rings is 1. The van der Waals surface area contributed by atoms with Crippen molar-refractivity contribution in [1.82, 2.24) is 4.90 Å². The lowest BCUT2D eigenvalue weighted by Gasteiger charge is -2.45. The number of amides is 1. The molecule has 1 saturated heterocycles. The van der Waals surface area contributed by atoms with Crippen LogP contribution in [0, 0.1) is 0 Å². The van der Waals surface area contributed by atoms with Gasteiger partial charge in [0.2, 0.25) is 5.91 Å². The van der Waals surface area contributed by atoms with Gasteiger partial charge in [-0.3, -0.25) is 9.69 Å². The van der Waals surface area contributed by atoms with E-state index < -0.39 is 87.1 Å². The Kier molecular flexibility index (Phi) is 8.58. The van der Waals surface area contributed by atoms with Crippen LogP contribution in [0.1, 0.15) is 10.9 Å². The number of thioether (sulfide) groups is 1. The Balaban J connectivity index is 2.70. The van der Waals surface area contributed by atoms with Gasteiger partial charge in [-0.2, -0.15) is 92.2 Å². The first-order valence-corrected chi connectivity index (χ1v) is 11.3. The van der Waals surface area contributed by atoms with Crippen LogP contribution in [-0.4, -0.2) is 76.2 Å². The predicted molar refractivity (Wildman–Crippen MR) is 99.1 cm³/mol. The third-order valence-corrected chi connectivity index (χ3v) is 6.96. The topological polar surface area (TPSA) is 20.3 Å². The number of carbonyl (C=O) groups excluding carboxylic acids is 1. The first-order valence-electron chi connectivity index (χ1n) is 10.2. The van der Waals surface area contributed by atoms with E-state index in [1.807, 2.05) is 0 Å². The summed E-state index contributed by atoms with van der Waals surface area (Å²) in [5.41, 5.74) is -0.645. The van der Waals surface area contributed by atoms with Crippen molar-refractivity contribution >= 4 is 17.7 Å². The molecule has 24 heteroatoms. The summed E-state index contributed by atoms with van der Waals surface area (Å²) in [7, 11) is 0. The van der Waals surface area contributed by atoms with Gasteiger partial charge in [-0.25, -0.2) is 0 Å². The van der Waals surface area contributed by atoms with E-state index in [0.717, 1.165) is 30.3 Å². The van der Waals surface area contributed by atoms with Gasteiger partial charge in [0, 0.05) is 0 Å². The molecular formula is C19H8F21NOS. The van der Waals surface area contributed by atoms with Gasteiger partial charge in [-0.05, 0) is 5.56 Å². The molecule has 1 aromatic carbocycles. The average Bonchev–Trinajstić information content (AvgIpc) is 3.24. The van der Waals surface area contributed by atoms with Crippen LogP contribution in [0.2, 0.25) is 0 Å². The van der Waals surface area contributed by atoms with Crippen LogP contribution in [0.5, 0.6) is 0 Å². The molecule has 0 radical (unpaired) electrons. The molecule has 1 amide bonds. The molecule has 1 heterocycles. The van der Waals surface area contributed by atoms with E-state index in [1.165, 1.54) is 0 Å². The van der Waals surface area contributed by atoms with Gasteiger partial charge in [0.1, 0.15) is 5.37 Å². The zero-order chi connectivity index (χ0) is 34.3. The average molecular weight is 697 g/mol. The molecule has 1 aliphatic rings. The SMILES string of the molecule is O=C1CSC(c2ccccc2)N1C(F)(F)C(F)(F)C(F)(F)C(F)(F)C(F)(F)C(F)(F)C(F)(F)C(F)(F)C(F)(F)C(F)(F)F. The van der Waals surface area contributed by atoms with Crippen molar-refractivity contribution in [3.63, 3.8) is 0 Å². The molecule has 0 aliphatic carbocycles. The highest BCUT2D eigenvalue weighted by Gasteiger charge is 2.98. The van der Waals surface area contributed by atoms with Crippen molar-refractivity contribution in [2.45, 2.75) is 65.0 Å². The smallest absolute Gasteiger partial charge is 0.274 e. The number of halogens is 21. The Morgan fingerprint density at radius 1 is 0.512 bits per heavy atom. The lowest BCUT2D eigenvalue weighted by molar-refractivity contribution is -0.477. The number of nitrogens with zero attached hydrogens (tertiary/aromatic N) is 1. The van der Waals surface area contributed by atoms with Crippen LogP contribution in [-0.2, 0) is 4.79 Å². The molecular weight excluding hydrogens is 689 g/mol. The molecule has 1 unspecified atom stereocenters. The van der Waals surface area contributed by atoms with Gasteiger partial charge in [0.25, 0.3) is 0 Å². The second-order valence-corrected chi connectivity index (χ2v) is 9.54. The normalized spacial score (nSPS) is 19.3. The molecule has 0 bridgehead atoms. The summed E-state index contributed by atoms with van der Waals surface area (Å²) in [6, 6.07) is -2.60. The third-order valence-electron chi connectivity index (χ3n) is 5.75. The Morgan fingerprint density at radius 2 is 0.837 bits per heavy atom. The summed E-state index contributed by atoms with van der Waals surface area (Å²) in [5.74, 6) is -74.8. The van der Waals surface area contributed by atoms with Crippen LogP contribution in [0.15, 0.2) is 30.3 Å². The number of alkyl halides is 21. The minimum Gasteiger partial charge on any atom is -0.274 e. The molecule has 0 N–H and O–H groups in total. The molecule has 248 valence electrons. The van der Waals surface area contributed by atoms with E-state index in [0.29, 0.717) is 0 Å². The molecule has 0 saturated carbocycles. The molecule has 2 rings (SSSR count). The van der Waals surface area contributed by atoms with Crippen LogP contribution in [0.25, 0.3) is 0 Å². The minimum absolute atomic E-state index is 0.0900. The van der Waals surface area contributed by atoms with E-state index in [-0.39, 0.29) is 11.8 Å². The highest BCUT2D eigenvalue weighted by atomic mass is 32.2. The van der Waals surface area contributed by atoms with Gasteiger partial charge in [0.15, 0.2) is 0 Å². The van der Waals surface area contributed by atoms with Gasteiger partial charge in [-0.1, -0.05) is 30.3 Å². The first kappa shape index (κ1) is 36.8. The lowest BCUT2D eigenvalue weighted by Crippen LogP contribution is -2.77.